The number of carbonyl (C=O) groups excluding carboxylic acids is 1. The van der Waals surface area contributed by atoms with Crippen molar-refractivity contribution in [2.75, 3.05) is 7.11 Å². The van der Waals surface area contributed by atoms with Crippen LogP contribution < -0.4 is 5.32 Å². The quantitative estimate of drug-likeness (QED) is 0.847. The lowest BCUT2D eigenvalue weighted by Gasteiger charge is -2.19. The SMILES string of the molecule is COC(=O)[C@@H](NCc1c(C)nc2ccccn12)C(C)C. The zero-order valence-electron chi connectivity index (χ0n) is 12.4. The molecular formula is C15H21N3O2. The van der Waals surface area contributed by atoms with Crippen LogP contribution in [0.3, 0.4) is 0 Å². The van der Waals surface area contributed by atoms with Crippen LogP contribution in [0.15, 0.2) is 24.4 Å². The largest absolute Gasteiger partial charge is 0.468 e. The summed E-state index contributed by atoms with van der Waals surface area (Å²) in [6.07, 6.45) is 1.98. The maximum absolute atomic E-state index is 11.8. The highest BCUT2D eigenvalue weighted by Crippen LogP contribution is 2.13. The number of ether oxygens (including phenoxy) is 1. The molecule has 2 aromatic rings. The fraction of sp³-hybridized carbons (Fsp3) is 0.467. The Morgan fingerprint density at radius 2 is 2.20 bits per heavy atom. The summed E-state index contributed by atoms with van der Waals surface area (Å²) < 4.78 is 6.88. The summed E-state index contributed by atoms with van der Waals surface area (Å²) in [5.74, 6) is -0.0617. The second kappa shape index (κ2) is 6.05. The van der Waals surface area contributed by atoms with Gasteiger partial charge < -0.3 is 9.14 Å². The molecule has 2 rings (SSSR count). The summed E-state index contributed by atoms with van der Waals surface area (Å²) in [6.45, 7) is 6.55. The van der Waals surface area contributed by atoms with E-state index in [2.05, 4.69) is 10.3 Å². The van der Waals surface area contributed by atoms with Gasteiger partial charge in [0.2, 0.25) is 0 Å². The maximum Gasteiger partial charge on any atom is 0.323 e. The number of pyridine rings is 1. The van der Waals surface area contributed by atoms with Crippen molar-refractivity contribution in [1.82, 2.24) is 14.7 Å². The molecule has 0 unspecified atom stereocenters. The number of esters is 1. The summed E-state index contributed by atoms with van der Waals surface area (Å²) in [5.41, 5.74) is 2.95. The Hall–Kier alpha value is -1.88. The van der Waals surface area contributed by atoms with Crippen LogP contribution in [0, 0.1) is 12.8 Å². The van der Waals surface area contributed by atoms with Crippen molar-refractivity contribution in [3.63, 3.8) is 0 Å². The molecule has 20 heavy (non-hydrogen) atoms. The molecule has 0 amide bonds. The maximum atomic E-state index is 11.8. The van der Waals surface area contributed by atoms with Crippen molar-refractivity contribution in [2.45, 2.75) is 33.4 Å². The molecule has 2 aromatic heterocycles. The molecule has 0 saturated heterocycles. The number of nitrogens with zero attached hydrogens (tertiary/aromatic N) is 2. The van der Waals surface area contributed by atoms with Gasteiger partial charge in [-0.05, 0) is 25.0 Å². The molecule has 0 saturated carbocycles. The number of methoxy groups -OCH3 is 1. The predicted octanol–water partition coefficient (Wildman–Crippen LogP) is 1.93. The molecular weight excluding hydrogens is 254 g/mol. The first-order chi connectivity index (χ1) is 9.54. The Morgan fingerprint density at radius 1 is 1.45 bits per heavy atom. The summed E-state index contributed by atoms with van der Waals surface area (Å²) in [5, 5.41) is 3.27. The monoisotopic (exact) mass is 275 g/mol. The number of aromatic nitrogens is 2. The minimum atomic E-state index is -0.311. The van der Waals surface area contributed by atoms with Gasteiger partial charge in [0.15, 0.2) is 0 Å². The molecule has 0 aliphatic carbocycles. The smallest absolute Gasteiger partial charge is 0.323 e. The number of nitrogens with one attached hydrogen (secondary N) is 1. The minimum absolute atomic E-state index is 0.168. The van der Waals surface area contributed by atoms with E-state index in [9.17, 15) is 4.79 Å². The normalized spacial score (nSPS) is 12.8. The van der Waals surface area contributed by atoms with Gasteiger partial charge in [0.05, 0.1) is 18.5 Å². The Labute approximate surface area is 119 Å². The van der Waals surface area contributed by atoms with Gasteiger partial charge in [0.25, 0.3) is 0 Å². The van der Waals surface area contributed by atoms with Crippen molar-refractivity contribution in [2.24, 2.45) is 5.92 Å². The van der Waals surface area contributed by atoms with Crippen LogP contribution in [0.2, 0.25) is 0 Å². The van der Waals surface area contributed by atoms with Gasteiger partial charge in [-0.3, -0.25) is 10.1 Å². The van der Waals surface area contributed by atoms with E-state index < -0.39 is 0 Å². The zero-order chi connectivity index (χ0) is 14.7. The lowest BCUT2D eigenvalue weighted by molar-refractivity contribution is -0.144. The molecule has 2 heterocycles. The molecule has 108 valence electrons. The molecule has 0 aliphatic heterocycles. The number of imidazole rings is 1. The summed E-state index contributed by atoms with van der Waals surface area (Å²) in [7, 11) is 1.42. The first kappa shape index (κ1) is 14.5. The highest BCUT2D eigenvalue weighted by atomic mass is 16.5. The van der Waals surface area contributed by atoms with E-state index in [1.165, 1.54) is 7.11 Å². The Balaban J connectivity index is 2.20. The van der Waals surface area contributed by atoms with Crippen LogP contribution in [-0.2, 0) is 16.1 Å². The van der Waals surface area contributed by atoms with Gasteiger partial charge >= 0.3 is 5.97 Å². The van der Waals surface area contributed by atoms with Crippen LogP contribution in [0.4, 0.5) is 0 Å². The molecule has 0 bridgehead atoms. The average molecular weight is 275 g/mol. The number of hydrogen-bond acceptors (Lipinski definition) is 4. The Kier molecular flexibility index (Phi) is 4.39. The van der Waals surface area contributed by atoms with Crippen LogP contribution in [0.1, 0.15) is 25.2 Å². The van der Waals surface area contributed by atoms with Crippen LogP contribution in [-0.4, -0.2) is 28.5 Å². The topological polar surface area (TPSA) is 55.6 Å². The van der Waals surface area contributed by atoms with E-state index in [4.69, 9.17) is 4.74 Å². The van der Waals surface area contributed by atoms with Crippen molar-refractivity contribution in [1.29, 1.82) is 0 Å². The first-order valence-electron chi connectivity index (χ1n) is 6.78. The second-order valence-corrected chi connectivity index (χ2v) is 5.20. The standard InChI is InChI=1S/C15H21N3O2/c1-10(2)14(15(19)20-4)16-9-12-11(3)17-13-7-5-6-8-18(12)13/h5-8,10,14,16H,9H2,1-4H3/t14-/m0/s1. The molecule has 5 heteroatoms. The molecule has 1 N–H and O–H groups in total. The van der Waals surface area contributed by atoms with Crippen molar-refractivity contribution < 1.29 is 9.53 Å². The minimum Gasteiger partial charge on any atom is -0.468 e. The molecule has 0 aliphatic rings. The third-order valence-corrected chi connectivity index (χ3v) is 3.44. The number of rotatable bonds is 5. The molecule has 5 nitrogen and oxygen atoms in total. The van der Waals surface area contributed by atoms with Crippen LogP contribution >= 0.6 is 0 Å². The molecule has 0 radical (unpaired) electrons. The van der Waals surface area contributed by atoms with Gasteiger partial charge in [-0.2, -0.15) is 0 Å². The van der Waals surface area contributed by atoms with Crippen LogP contribution in [0.25, 0.3) is 5.65 Å². The van der Waals surface area contributed by atoms with Crippen molar-refractivity contribution in [3.05, 3.63) is 35.8 Å². The van der Waals surface area contributed by atoms with Gasteiger partial charge in [0.1, 0.15) is 11.7 Å². The van der Waals surface area contributed by atoms with E-state index >= 15 is 0 Å². The van der Waals surface area contributed by atoms with E-state index in [0.717, 1.165) is 17.0 Å². The Bertz CT molecular complexity index is 604. The number of hydrogen-bond donors (Lipinski definition) is 1. The van der Waals surface area contributed by atoms with E-state index in [1.807, 2.05) is 49.6 Å². The summed E-state index contributed by atoms with van der Waals surface area (Å²) in [6, 6.07) is 5.59. The average Bonchev–Trinajstić information content (AvgIpc) is 2.74. The van der Waals surface area contributed by atoms with Crippen molar-refractivity contribution >= 4 is 11.6 Å². The molecule has 0 spiro atoms. The van der Waals surface area contributed by atoms with E-state index in [1.54, 1.807) is 0 Å². The lowest BCUT2D eigenvalue weighted by Crippen LogP contribution is -2.41. The van der Waals surface area contributed by atoms with E-state index in [0.29, 0.717) is 6.54 Å². The fourth-order valence-corrected chi connectivity index (χ4v) is 2.30. The fourth-order valence-electron chi connectivity index (χ4n) is 2.30. The number of carbonyl (C=O) groups is 1. The highest BCUT2D eigenvalue weighted by molar-refractivity contribution is 5.75. The Morgan fingerprint density at radius 3 is 2.85 bits per heavy atom. The van der Waals surface area contributed by atoms with Gasteiger partial charge in [-0.25, -0.2) is 4.98 Å². The van der Waals surface area contributed by atoms with E-state index in [-0.39, 0.29) is 17.9 Å². The lowest BCUT2D eigenvalue weighted by atomic mass is 10.0. The number of aryl methyl sites for hydroxylation is 1. The van der Waals surface area contributed by atoms with Crippen molar-refractivity contribution in [3.8, 4) is 0 Å². The van der Waals surface area contributed by atoms with Gasteiger partial charge in [-0.15, -0.1) is 0 Å². The predicted molar refractivity (Wildman–Crippen MR) is 77.4 cm³/mol. The third-order valence-electron chi connectivity index (χ3n) is 3.44. The molecule has 0 fully saturated rings. The first-order valence-corrected chi connectivity index (χ1v) is 6.78. The number of fused-ring (bicyclic) bond motifs is 1. The van der Waals surface area contributed by atoms with Crippen LogP contribution in [0.5, 0.6) is 0 Å². The van der Waals surface area contributed by atoms with Gasteiger partial charge in [-0.1, -0.05) is 19.9 Å². The summed E-state index contributed by atoms with van der Waals surface area (Å²) in [4.78, 5) is 16.3. The molecule has 0 aromatic carbocycles. The zero-order valence-corrected chi connectivity index (χ0v) is 12.4. The third kappa shape index (κ3) is 2.82. The molecule has 1 atom stereocenters. The summed E-state index contributed by atoms with van der Waals surface area (Å²) >= 11 is 0. The van der Waals surface area contributed by atoms with Gasteiger partial charge in [0, 0.05) is 12.7 Å². The second-order valence-electron chi connectivity index (χ2n) is 5.20. The highest BCUT2D eigenvalue weighted by Gasteiger charge is 2.23.